The summed E-state index contributed by atoms with van der Waals surface area (Å²) in [6.07, 6.45) is 0.514. The minimum Gasteiger partial charge on any atom is -0.470 e. The number of halogens is 1. The molecule has 12 heavy (non-hydrogen) atoms. The monoisotopic (exact) mass is 253 g/mol. The average Bonchev–Trinajstić information content (AvgIpc) is 2.35. The second-order valence-electron chi connectivity index (χ2n) is 2.05. The third-order valence-corrected chi connectivity index (χ3v) is 2.45. The summed E-state index contributed by atoms with van der Waals surface area (Å²) >= 11 is 4.59. The number of rotatable bonds is 4. The minimum atomic E-state index is -1.31. The molecular weight excluding hydrogens is 246 g/mol. The van der Waals surface area contributed by atoms with E-state index < -0.39 is 6.29 Å². The Morgan fingerprint density at radius 1 is 1.67 bits per heavy atom. The van der Waals surface area contributed by atoms with Crippen LogP contribution in [0.4, 0.5) is 0 Å². The Bertz CT molecular complexity index is 240. The Morgan fingerprint density at radius 2 is 2.42 bits per heavy atom. The van der Waals surface area contributed by atoms with Gasteiger partial charge in [0.15, 0.2) is 6.29 Å². The first-order valence-electron chi connectivity index (χ1n) is 3.29. The summed E-state index contributed by atoms with van der Waals surface area (Å²) in [7, 11) is 0. The molecule has 0 amide bonds. The van der Waals surface area contributed by atoms with E-state index in [0.29, 0.717) is 5.19 Å². The summed E-state index contributed by atoms with van der Waals surface area (Å²) < 4.78 is 5.99. The van der Waals surface area contributed by atoms with Crippen molar-refractivity contribution >= 4 is 27.3 Å². The molecule has 1 aromatic heterocycles. The number of aliphatic hydroxyl groups excluding tert-OH is 1. The smallest absolute Gasteiger partial charge is 0.274 e. The Kier molecular flexibility index (Phi) is 3.93. The molecule has 1 rings (SSSR count). The number of nitrogens with zero attached hydrogens (tertiary/aromatic N) is 1. The largest absolute Gasteiger partial charge is 0.470 e. The van der Waals surface area contributed by atoms with Crippen LogP contribution in [0.1, 0.15) is 6.42 Å². The third-order valence-electron chi connectivity index (χ3n) is 1.06. The van der Waals surface area contributed by atoms with E-state index in [9.17, 15) is 0 Å². The molecule has 0 saturated carbocycles. The van der Waals surface area contributed by atoms with Crippen LogP contribution in [-0.4, -0.2) is 28.1 Å². The van der Waals surface area contributed by atoms with Crippen LogP contribution in [-0.2, 0) is 0 Å². The maximum absolute atomic E-state index is 8.48. The van der Waals surface area contributed by atoms with Gasteiger partial charge in [-0.2, -0.15) is 0 Å². The second-order valence-corrected chi connectivity index (χ2v) is 4.42. The van der Waals surface area contributed by atoms with Crippen LogP contribution in [0.15, 0.2) is 9.98 Å². The molecule has 1 heterocycles. The summed E-state index contributed by atoms with van der Waals surface area (Å²) in [6.45, 7) is 0.262. The van der Waals surface area contributed by atoms with Crippen molar-refractivity contribution in [2.45, 2.75) is 12.7 Å². The Balaban J connectivity index is 2.24. The van der Waals surface area contributed by atoms with Gasteiger partial charge in [0, 0.05) is 6.42 Å². The second kappa shape index (κ2) is 4.76. The quantitative estimate of drug-likeness (QED) is 0.786. The maximum atomic E-state index is 8.48. The molecule has 2 N–H and O–H groups in total. The van der Waals surface area contributed by atoms with Crippen LogP contribution in [0.25, 0.3) is 0 Å². The summed E-state index contributed by atoms with van der Waals surface area (Å²) in [5.74, 6) is 0. The van der Waals surface area contributed by atoms with Gasteiger partial charge in [-0.05, 0) is 15.9 Å². The van der Waals surface area contributed by atoms with Crippen molar-refractivity contribution in [1.82, 2.24) is 4.98 Å². The molecule has 0 aliphatic carbocycles. The zero-order chi connectivity index (χ0) is 8.97. The SMILES string of the molecule is OC(O)CCOc1ncc(Br)s1. The van der Waals surface area contributed by atoms with Crippen LogP contribution >= 0.6 is 27.3 Å². The maximum Gasteiger partial charge on any atom is 0.274 e. The lowest BCUT2D eigenvalue weighted by atomic mass is 10.4. The first-order valence-corrected chi connectivity index (χ1v) is 4.89. The van der Waals surface area contributed by atoms with Gasteiger partial charge >= 0.3 is 0 Å². The fraction of sp³-hybridized carbons (Fsp3) is 0.500. The highest BCUT2D eigenvalue weighted by atomic mass is 79.9. The van der Waals surface area contributed by atoms with Crippen molar-refractivity contribution < 1.29 is 14.9 Å². The lowest BCUT2D eigenvalue weighted by molar-refractivity contribution is -0.0519. The van der Waals surface area contributed by atoms with Gasteiger partial charge in [-0.15, -0.1) is 0 Å². The molecule has 0 bridgehead atoms. The molecule has 6 heteroatoms. The normalized spacial score (nSPS) is 10.7. The molecule has 0 aliphatic heterocycles. The summed E-state index contributed by atoms with van der Waals surface area (Å²) in [5.41, 5.74) is 0. The molecule has 0 atom stereocenters. The van der Waals surface area contributed by atoms with E-state index in [4.69, 9.17) is 14.9 Å². The van der Waals surface area contributed by atoms with E-state index in [1.807, 2.05) is 0 Å². The van der Waals surface area contributed by atoms with E-state index in [-0.39, 0.29) is 13.0 Å². The van der Waals surface area contributed by atoms with Gasteiger partial charge in [-0.1, -0.05) is 11.3 Å². The fourth-order valence-electron chi connectivity index (χ4n) is 0.558. The van der Waals surface area contributed by atoms with Crippen molar-refractivity contribution in [3.63, 3.8) is 0 Å². The van der Waals surface area contributed by atoms with Gasteiger partial charge in [0.2, 0.25) is 0 Å². The van der Waals surface area contributed by atoms with E-state index >= 15 is 0 Å². The number of hydrogen-bond donors (Lipinski definition) is 2. The van der Waals surface area contributed by atoms with Crippen molar-refractivity contribution in [3.8, 4) is 5.19 Å². The zero-order valence-corrected chi connectivity index (χ0v) is 8.51. The topological polar surface area (TPSA) is 62.6 Å². The fourth-order valence-corrected chi connectivity index (χ4v) is 1.60. The Hall–Kier alpha value is -0.170. The van der Waals surface area contributed by atoms with Gasteiger partial charge in [0.25, 0.3) is 5.19 Å². The van der Waals surface area contributed by atoms with Crippen molar-refractivity contribution in [2.24, 2.45) is 0 Å². The van der Waals surface area contributed by atoms with E-state index in [2.05, 4.69) is 20.9 Å². The average molecular weight is 254 g/mol. The van der Waals surface area contributed by atoms with Crippen molar-refractivity contribution in [3.05, 3.63) is 9.98 Å². The summed E-state index contributed by atoms with van der Waals surface area (Å²) in [5, 5.41) is 17.5. The highest BCUT2D eigenvalue weighted by Crippen LogP contribution is 2.25. The Morgan fingerprint density at radius 3 is 2.92 bits per heavy atom. The minimum absolute atomic E-state index is 0.192. The van der Waals surface area contributed by atoms with Gasteiger partial charge < -0.3 is 14.9 Å². The number of aromatic nitrogens is 1. The standard InChI is InChI=1S/C6H8BrNO3S/c7-4-3-8-6(12-4)11-2-1-5(9)10/h3,5,9-10H,1-2H2. The predicted molar refractivity (Wildman–Crippen MR) is 48.2 cm³/mol. The summed E-state index contributed by atoms with van der Waals surface area (Å²) in [6, 6.07) is 0. The molecule has 0 saturated heterocycles. The van der Waals surface area contributed by atoms with E-state index in [0.717, 1.165) is 3.79 Å². The molecule has 0 fully saturated rings. The number of thiazole rings is 1. The Labute approximate surface area is 82.0 Å². The lowest BCUT2D eigenvalue weighted by Crippen LogP contribution is -2.10. The zero-order valence-electron chi connectivity index (χ0n) is 6.11. The highest BCUT2D eigenvalue weighted by Gasteiger charge is 2.01. The van der Waals surface area contributed by atoms with Crippen molar-refractivity contribution in [1.29, 1.82) is 0 Å². The van der Waals surface area contributed by atoms with Gasteiger partial charge in [0.05, 0.1) is 16.6 Å². The van der Waals surface area contributed by atoms with E-state index in [1.165, 1.54) is 11.3 Å². The van der Waals surface area contributed by atoms with Gasteiger partial charge in [0.1, 0.15) is 0 Å². The first kappa shape index (κ1) is 9.91. The first-order chi connectivity index (χ1) is 5.68. The van der Waals surface area contributed by atoms with Crippen LogP contribution in [0.3, 0.4) is 0 Å². The molecule has 0 aliphatic rings. The molecule has 0 spiro atoms. The molecule has 0 unspecified atom stereocenters. The third kappa shape index (κ3) is 3.48. The summed E-state index contributed by atoms with van der Waals surface area (Å²) in [4.78, 5) is 3.90. The molecule has 1 aromatic rings. The van der Waals surface area contributed by atoms with Gasteiger partial charge in [-0.3, -0.25) is 0 Å². The number of hydrogen-bond acceptors (Lipinski definition) is 5. The molecular formula is C6H8BrNO3S. The van der Waals surface area contributed by atoms with Crippen LogP contribution in [0.2, 0.25) is 0 Å². The highest BCUT2D eigenvalue weighted by molar-refractivity contribution is 9.11. The van der Waals surface area contributed by atoms with Crippen LogP contribution in [0.5, 0.6) is 5.19 Å². The van der Waals surface area contributed by atoms with Crippen LogP contribution < -0.4 is 4.74 Å². The van der Waals surface area contributed by atoms with Gasteiger partial charge in [-0.25, -0.2) is 4.98 Å². The molecule has 0 aromatic carbocycles. The number of aliphatic hydroxyl groups is 2. The predicted octanol–water partition coefficient (Wildman–Crippen LogP) is 0.985. The van der Waals surface area contributed by atoms with E-state index in [1.54, 1.807) is 6.20 Å². The lowest BCUT2D eigenvalue weighted by Gasteiger charge is -2.02. The molecule has 0 radical (unpaired) electrons. The molecule has 4 nitrogen and oxygen atoms in total. The number of ether oxygens (including phenoxy) is 1. The van der Waals surface area contributed by atoms with Crippen LogP contribution in [0, 0.1) is 0 Å². The van der Waals surface area contributed by atoms with Crippen molar-refractivity contribution in [2.75, 3.05) is 6.61 Å². The molecule has 68 valence electrons.